The fourth-order valence-corrected chi connectivity index (χ4v) is 1.13. The number of nitrogens with zero attached hydrogens (tertiary/aromatic N) is 3. The van der Waals surface area contributed by atoms with Gasteiger partial charge in [-0.3, -0.25) is 20.9 Å². The van der Waals surface area contributed by atoms with E-state index in [0.717, 1.165) is 6.07 Å². The van der Waals surface area contributed by atoms with Crippen LogP contribution in [-0.4, -0.2) is 16.5 Å². The van der Waals surface area contributed by atoms with Crippen LogP contribution in [0.25, 0.3) is 0 Å². The van der Waals surface area contributed by atoms with Crippen molar-refractivity contribution in [2.75, 3.05) is 5.43 Å². The number of halogens is 1. The molecule has 0 radical (unpaired) electrons. The van der Waals surface area contributed by atoms with Gasteiger partial charge in [0.15, 0.2) is 5.84 Å². The molecule has 1 rings (SSSR count). The normalized spacial score (nSPS) is 10.6. The maximum atomic E-state index is 10.6. The number of hydrazone groups is 1. The minimum Gasteiger partial charge on any atom is -0.382 e. The number of nitrogens with two attached hydrogens (primary N) is 1. The summed E-state index contributed by atoms with van der Waals surface area (Å²) in [5.41, 5.74) is 7.03. The molecule has 1 aromatic rings. The van der Waals surface area contributed by atoms with Crippen LogP contribution in [0.1, 0.15) is 0 Å². The van der Waals surface area contributed by atoms with E-state index in [1.807, 2.05) is 0 Å². The summed E-state index contributed by atoms with van der Waals surface area (Å²) in [6, 6.07) is 5.29. The van der Waals surface area contributed by atoms with Crippen LogP contribution in [0.4, 0.5) is 11.4 Å². The second-order valence-corrected chi connectivity index (χ2v) is 3.43. The molecular formula is C9H7ClN6O2. The van der Waals surface area contributed by atoms with Crippen molar-refractivity contribution >= 4 is 34.5 Å². The third kappa shape index (κ3) is 3.16. The first-order valence-electron chi connectivity index (χ1n) is 4.48. The Morgan fingerprint density at radius 2 is 2.33 bits per heavy atom. The van der Waals surface area contributed by atoms with Crippen molar-refractivity contribution < 1.29 is 4.92 Å². The van der Waals surface area contributed by atoms with E-state index >= 15 is 0 Å². The fraction of sp³-hybridized carbons (Fsp3) is 0. The lowest BCUT2D eigenvalue weighted by atomic mass is 10.3. The predicted molar refractivity (Wildman–Crippen MR) is 66.7 cm³/mol. The van der Waals surface area contributed by atoms with E-state index in [1.54, 1.807) is 6.07 Å². The van der Waals surface area contributed by atoms with E-state index in [4.69, 9.17) is 28.0 Å². The van der Waals surface area contributed by atoms with Crippen molar-refractivity contribution in [3.05, 3.63) is 33.3 Å². The van der Waals surface area contributed by atoms with Crippen molar-refractivity contribution in [3.8, 4) is 6.07 Å². The molecule has 92 valence electrons. The van der Waals surface area contributed by atoms with Gasteiger partial charge in [0, 0.05) is 12.1 Å². The molecule has 0 spiro atoms. The summed E-state index contributed by atoms with van der Waals surface area (Å²) < 4.78 is 0. The van der Waals surface area contributed by atoms with Crippen molar-refractivity contribution in [3.63, 3.8) is 0 Å². The van der Waals surface area contributed by atoms with Gasteiger partial charge in [0.25, 0.3) is 5.69 Å². The molecule has 0 aromatic heterocycles. The largest absolute Gasteiger partial charge is 0.382 e. The number of amidine groups is 1. The number of non-ortho nitro benzene ring substituents is 1. The van der Waals surface area contributed by atoms with Crippen LogP contribution in [0, 0.1) is 26.9 Å². The second kappa shape index (κ2) is 5.60. The lowest BCUT2D eigenvalue weighted by Gasteiger charge is -2.03. The summed E-state index contributed by atoms with van der Waals surface area (Å²) in [5, 5.41) is 29.9. The molecule has 9 heteroatoms. The van der Waals surface area contributed by atoms with Gasteiger partial charge in [-0.25, -0.2) is 0 Å². The van der Waals surface area contributed by atoms with E-state index in [9.17, 15) is 10.1 Å². The zero-order valence-electron chi connectivity index (χ0n) is 8.85. The Morgan fingerprint density at radius 1 is 1.67 bits per heavy atom. The zero-order valence-corrected chi connectivity index (χ0v) is 9.60. The summed E-state index contributed by atoms with van der Waals surface area (Å²) >= 11 is 5.78. The minimum absolute atomic E-state index is 0.139. The van der Waals surface area contributed by atoms with Gasteiger partial charge in [0.2, 0.25) is 5.71 Å². The summed E-state index contributed by atoms with van der Waals surface area (Å²) in [6.45, 7) is 0. The number of nitro groups is 1. The van der Waals surface area contributed by atoms with Gasteiger partial charge in [-0.05, 0) is 6.07 Å². The van der Waals surface area contributed by atoms with Crippen molar-refractivity contribution in [2.45, 2.75) is 0 Å². The molecule has 0 fully saturated rings. The third-order valence-corrected chi connectivity index (χ3v) is 2.14. The molecule has 0 amide bonds. The molecule has 0 bridgehead atoms. The third-order valence-electron chi connectivity index (χ3n) is 1.81. The predicted octanol–water partition coefficient (Wildman–Crippen LogP) is 1.48. The number of nitro benzene ring substituents is 1. The van der Waals surface area contributed by atoms with Gasteiger partial charge in [0.1, 0.15) is 6.07 Å². The van der Waals surface area contributed by atoms with Crippen LogP contribution in [-0.2, 0) is 0 Å². The SMILES string of the molecule is N#C/C(=N\Nc1cc([N+](=O)[O-])ccc1Cl)C(=N)N. The second-order valence-electron chi connectivity index (χ2n) is 3.02. The molecule has 0 unspecified atom stereocenters. The first-order chi connectivity index (χ1) is 8.45. The van der Waals surface area contributed by atoms with Crippen molar-refractivity contribution in [2.24, 2.45) is 10.8 Å². The number of nitrogens with one attached hydrogen (secondary N) is 2. The molecule has 0 aliphatic heterocycles. The van der Waals surface area contributed by atoms with Gasteiger partial charge < -0.3 is 5.73 Å². The molecule has 0 aliphatic carbocycles. The number of nitriles is 1. The molecule has 8 nitrogen and oxygen atoms in total. The molecule has 4 N–H and O–H groups in total. The Labute approximate surface area is 106 Å². The van der Waals surface area contributed by atoms with Gasteiger partial charge >= 0.3 is 0 Å². The number of rotatable bonds is 4. The number of benzene rings is 1. The molecular weight excluding hydrogens is 260 g/mol. The van der Waals surface area contributed by atoms with E-state index < -0.39 is 10.8 Å². The van der Waals surface area contributed by atoms with E-state index in [1.165, 1.54) is 12.1 Å². The Hall–Kier alpha value is -2.66. The zero-order chi connectivity index (χ0) is 13.7. The number of hydrogen-bond donors (Lipinski definition) is 3. The highest BCUT2D eigenvalue weighted by Gasteiger charge is 2.10. The summed E-state index contributed by atoms with van der Waals surface area (Å²) in [4.78, 5) is 9.96. The van der Waals surface area contributed by atoms with Crippen molar-refractivity contribution in [1.82, 2.24) is 0 Å². The molecule has 1 aromatic carbocycles. The monoisotopic (exact) mass is 266 g/mol. The molecule has 0 saturated heterocycles. The van der Waals surface area contributed by atoms with Crippen LogP contribution in [0.2, 0.25) is 5.02 Å². The van der Waals surface area contributed by atoms with Gasteiger partial charge in [-0.15, -0.1) is 0 Å². The first-order valence-corrected chi connectivity index (χ1v) is 4.85. The van der Waals surface area contributed by atoms with Gasteiger partial charge in [-0.1, -0.05) is 11.6 Å². The topological polar surface area (TPSA) is 141 Å². The molecule has 0 aliphatic rings. The summed E-state index contributed by atoms with van der Waals surface area (Å²) in [7, 11) is 0. The minimum atomic E-state index is -0.596. The van der Waals surface area contributed by atoms with Gasteiger partial charge in [0.05, 0.1) is 15.6 Å². The Morgan fingerprint density at radius 3 is 2.83 bits per heavy atom. The Bertz CT molecular complexity index is 577. The van der Waals surface area contributed by atoms with E-state index in [0.29, 0.717) is 0 Å². The van der Waals surface area contributed by atoms with Gasteiger partial charge in [-0.2, -0.15) is 10.4 Å². The number of anilines is 1. The van der Waals surface area contributed by atoms with E-state index in [-0.39, 0.29) is 22.1 Å². The maximum absolute atomic E-state index is 10.6. The molecule has 0 heterocycles. The lowest BCUT2D eigenvalue weighted by molar-refractivity contribution is -0.384. The standard InChI is InChI=1S/C9H7ClN6O2/c10-6-2-1-5(16(17)18)3-7(6)14-15-8(4-11)9(12)13/h1-3,14H,(H3,12,13)/b15-8+. The molecule has 18 heavy (non-hydrogen) atoms. The molecule has 0 atom stereocenters. The van der Waals surface area contributed by atoms with Crippen molar-refractivity contribution in [1.29, 1.82) is 10.7 Å². The van der Waals surface area contributed by atoms with Crippen LogP contribution >= 0.6 is 11.6 Å². The lowest BCUT2D eigenvalue weighted by Crippen LogP contribution is -2.21. The highest BCUT2D eigenvalue weighted by Crippen LogP contribution is 2.26. The van der Waals surface area contributed by atoms with Crippen LogP contribution in [0.15, 0.2) is 23.3 Å². The molecule has 0 saturated carbocycles. The maximum Gasteiger partial charge on any atom is 0.271 e. The van der Waals surface area contributed by atoms with Crippen LogP contribution < -0.4 is 11.2 Å². The van der Waals surface area contributed by atoms with Crippen LogP contribution in [0.5, 0.6) is 0 Å². The Kier molecular flexibility index (Phi) is 4.17. The average Bonchev–Trinajstić information content (AvgIpc) is 2.31. The highest BCUT2D eigenvalue weighted by molar-refractivity contribution is 6.45. The summed E-state index contributed by atoms with van der Waals surface area (Å²) in [5.74, 6) is -0.522. The first kappa shape index (κ1) is 13.4. The average molecular weight is 267 g/mol. The van der Waals surface area contributed by atoms with E-state index in [2.05, 4.69) is 10.5 Å². The van der Waals surface area contributed by atoms with Crippen LogP contribution in [0.3, 0.4) is 0 Å². The highest BCUT2D eigenvalue weighted by atomic mass is 35.5. The fourth-order valence-electron chi connectivity index (χ4n) is 0.974. The smallest absolute Gasteiger partial charge is 0.271 e. The Balaban J connectivity index is 3.05. The number of hydrogen-bond acceptors (Lipinski definition) is 6. The quantitative estimate of drug-likeness (QED) is 0.327. The summed E-state index contributed by atoms with van der Waals surface area (Å²) in [6.07, 6.45) is 0.